The van der Waals surface area contributed by atoms with E-state index in [1.54, 1.807) is 0 Å². The summed E-state index contributed by atoms with van der Waals surface area (Å²) in [5, 5.41) is 3.74. The predicted molar refractivity (Wildman–Crippen MR) is 81.9 cm³/mol. The minimum Gasteiger partial charge on any atom is -0.312 e. The average molecular weight is 253 g/mol. The molecule has 1 N–H and O–H groups in total. The van der Waals surface area contributed by atoms with Crippen molar-refractivity contribution < 1.29 is 0 Å². The highest BCUT2D eigenvalue weighted by molar-refractivity contribution is 4.79. The standard InChI is InChI=1S/C17H35N/c1-14(2)11-12-15-9-7-6-8-10-16(15)13-18-17(3,4)5/h14-16,18H,6-13H2,1-5H3. The topological polar surface area (TPSA) is 12.0 Å². The zero-order chi connectivity index (χ0) is 13.6. The van der Waals surface area contributed by atoms with E-state index in [9.17, 15) is 0 Å². The number of hydrogen-bond acceptors (Lipinski definition) is 1. The summed E-state index contributed by atoms with van der Waals surface area (Å²) >= 11 is 0. The minimum atomic E-state index is 0.273. The van der Waals surface area contributed by atoms with Crippen LogP contribution in [0.3, 0.4) is 0 Å². The van der Waals surface area contributed by atoms with E-state index in [1.165, 1.54) is 51.5 Å². The molecule has 0 radical (unpaired) electrons. The van der Waals surface area contributed by atoms with Gasteiger partial charge in [-0.25, -0.2) is 0 Å². The van der Waals surface area contributed by atoms with Gasteiger partial charge in [-0.3, -0.25) is 0 Å². The number of hydrogen-bond donors (Lipinski definition) is 1. The van der Waals surface area contributed by atoms with E-state index in [2.05, 4.69) is 39.9 Å². The highest BCUT2D eigenvalue weighted by Crippen LogP contribution is 2.32. The van der Waals surface area contributed by atoms with Crippen LogP contribution in [0.2, 0.25) is 0 Å². The van der Waals surface area contributed by atoms with E-state index >= 15 is 0 Å². The SMILES string of the molecule is CC(C)CCC1CCCCCC1CNC(C)(C)C. The van der Waals surface area contributed by atoms with Crippen LogP contribution in [-0.4, -0.2) is 12.1 Å². The van der Waals surface area contributed by atoms with E-state index in [4.69, 9.17) is 0 Å². The molecule has 0 amide bonds. The summed E-state index contributed by atoms with van der Waals surface area (Å²) in [6.07, 6.45) is 10.2. The molecule has 1 fully saturated rings. The summed E-state index contributed by atoms with van der Waals surface area (Å²) in [4.78, 5) is 0. The first-order valence-electron chi connectivity index (χ1n) is 8.13. The lowest BCUT2D eigenvalue weighted by Crippen LogP contribution is -2.40. The summed E-state index contributed by atoms with van der Waals surface area (Å²) in [6, 6.07) is 0. The molecule has 1 rings (SSSR count). The van der Waals surface area contributed by atoms with Crippen molar-refractivity contribution >= 4 is 0 Å². The monoisotopic (exact) mass is 253 g/mol. The van der Waals surface area contributed by atoms with Crippen molar-refractivity contribution in [3.8, 4) is 0 Å². The smallest absolute Gasteiger partial charge is 0.00966 e. The molecule has 0 aromatic carbocycles. The average Bonchev–Trinajstić information content (AvgIpc) is 2.47. The molecule has 1 aliphatic rings. The van der Waals surface area contributed by atoms with Crippen LogP contribution in [0.5, 0.6) is 0 Å². The van der Waals surface area contributed by atoms with Gasteiger partial charge in [-0.2, -0.15) is 0 Å². The normalized spacial score (nSPS) is 26.3. The van der Waals surface area contributed by atoms with Crippen LogP contribution in [-0.2, 0) is 0 Å². The van der Waals surface area contributed by atoms with Crippen molar-refractivity contribution in [1.29, 1.82) is 0 Å². The third-order valence-electron chi connectivity index (χ3n) is 4.33. The van der Waals surface area contributed by atoms with Crippen molar-refractivity contribution in [3.63, 3.8) is 0 Å². The van der Waals surface area contributed by atoms with Gasteiger partial charge < -0.3 is 5.32 Å². The first kappa shape index (κ1) is 16.0. The third-order valence-corrected chi connectivity index (χ3v) is 4.33. The molecule has 0 aromatic heterocycles. The summed E-state index contributed by atoms with van der Waals surface area (Å²) in [6.45, 7) is 12.8. The zero-order valence-corrected chi connectivity index (χ0v) is 13.4. The number of rotatable bonds is 5. The van der Waals surface area contributed by atoms with E-state index in [0.717, 1.165) is 17.8 Å². The second-order valence-electron chi connectivity index (χ2n) is 7.76. The molecule has 1 nitrogen and oxygen atoms in total. The third kappa shape index (κ3) is 6.78. The zero-order valence-electron chi connectivity index (χ0n) is 13.4. The summed E-state index contributed by atoms with van der Waals surface area (Å²) < 4.78 is 0. The maximum atomic E-state index is 3.74. The van der Waals surface area contributed by atoms with Crippen LogP contribution in [0.15, 0.2) is 0 Å². The van der Waals surface area contributed by atoms with Gasteiger partial charge in [-0.1, -0.05) is 46.0 Å². The molecule has 1 saturated carbocycles. The van der Waals surface area contributed by atoms with E-state index in [0.29, 0.717) is 0 Å². The van der Waals surface area contributed by atoms with Gasteiger partial charge in [0.1, 0.15) is 0 Å². The Hall–Kier alpha value is -0.0400. The van der Waals surface area contributed by atoms with Crippen molar-refractivity contribution in [2.24, 2.45) is 17.8 Å². The van der Waals surface area contributed by atoms with E-state index in [-0.39, 0.29) is 5.54 Å². The van der Waals surface area contributed by atoms with E-state index < -0.39 is 0 Å². The fourth-order valence-electron chi connectivity index (χ4n) is 3.09. The molecule has 0 spiro atoms. The Bertz CT molecular complexity index is 214. The second kappa shape index (κ2) is 7.53. The van der Waals surface area contributed by atoms with Crippen LogP contribution in [0, 0.1) is 17.8 Å². The van der Waals surface area contributed by atoms with Gasteiger partial charge in [0.15, 0.2) is 0 Å². The Morgan fingerprint density at radius 3 is 2.17 bits per heavy atom. The van der Waals surface area contributed by atoms with Crippen molar-refractivity contribution in [3.05, 3.63) is 0 Å². The Balaban J connectivity index is 2.46. The highest BCUT2D eigenvalue weighted by Gasteiger charge is 2.24. The molecule has 1 aliphatic carbocycles. The van der Waals surface area contributed by atoms with Crippen LogP contribution < -0.4 is 5.32 Å². The van der Waals surface area contributed by atoms with Gasteiger partial charge in [0, 0.05) is 5.54 Å². The Morgan fingerprint density at radius 1 is 1.00 bits per heavy atom. The van der Waals surface area contributed by atoms with Gasteiger partial charge in [0.05, 0.1) is 0 Å². The van der Waals surface area contributed by atoms with E-state index in [1.807, 2.05) is 0 Å². The quantitative estimate of drug-likeness (QED) is 0.679. The Morgan fingerprint density at radius 2 is 1.61 bits per heavy atom. The lowest BCUT2D eigenvalue weighted by molar-refractivity contribution is 0.248. The summed E-state index contributed by atoms with van der Waals surface area (Å²) in [5.41, 5.74) is 0.273. The first-order chi connectivity index (χ1) is 8.38. The van der Waals surface area contributed by atoms with Gasteiger partial charge in [0.25, 0.3) is 0 Å². The first-order valence-corrected chi connectivity index (χ1v) is 8.13. The van der Waals surface area contributed by atoms with Crippen LogP contribution in [0.4, 0.5) is 0 Å². The van der Waals surface area contributed by atoms with Gasteiger partial charge in [-0.05, 0) is 57.9 Å². The molecule has 0 bridgehead atoms. The fraction of sp³-hybridized carbons (Fsp3) is 1.00. The molecule has 2 atom stereocenters. The van der Waals surface area contributed by atoms with Crippen molar-refractivity contribution in [1.82, 2.24) is 5.32 Å². The van der Waals surface area contributed by atoms with Crippen LogP contribution in [0.25, 0.3) is 0 Å². The molecule has 2 unspecified atom stereocenters. The Kier molecular flexibility index (Phi) is 6.70. The molecule has 0 aromatic rings. The number of nitrogens with one attached hydrogen (secondary N) is 1. The van der Waals surface area contributed by atoms with Crippen LogP contribution in [0.1, 0.15) is 79.6 Å². The molecule has 108 valence electrons. The fourth-order valence-corrected chi connectivity index (χ4v) is 3.09. The summed E-state index contributed by atoms with van der Waals surface area (Å²) in [7, 11) is 0. The van der Waals surface area contributed by atoms with Gasteiger partial charge in [-0.15, -0.1) is 0 Å². The Labute approximate surface area is 115 Å². The van der Waals surface area contributed by atoms with Gasteiger partial charge >= 0.3 is 0 Å². The van der Waals surface area contributed by atoms with Crippen molar-refractivity contribution in [2.75, 3.05) is 6.54 Å². The molecule has 0 heterocycles. The maximum Gasteiger partial charge on any atom is 0.00966 e. The molecule has 18 heavy (non-hydrogen) atoms. The maximum absolute atomic E-state index is 3.74. The molecular weight excluding hydrogens is 218 g/mol. The lowest BCUT2D eigenvalue weighted by Gasteiger charge is -2.30. The highest BCUT2D eigenvalue weighted by atomic mass is 14.9. The van der Waals surface area contributed by atoms with Crippen molar-refractivity contribution in [2.45, 2.75) is 85.1 Å². The molecule has 0 aliphatic heterocycles. The molecular formula is C17H35N. The molecule has 0 saturated heterocycles. The largest absolute Gasteiger partial charge is 0.312 e. The minimum absolute atomic E-state index is 0.273. The predicted octanol–water partition coefficient (Wildman–Crippen LogP) is 5.01. The van der Waals surface area contributed by atoms with Gasteiger partial charge in [0.2, 0.25) is 0 Å². The second-order valence-corrected chi connectivity index (χ2v) is 7.76. The molecule has 1 heteroatoms. The lowest BCUT2D eigenvalue weighted by atomic mass is 9.82. The van der Waals surface area contributed by atoms with Crippen LogP contribution >= 0.6 is 0 Å². The summed E-state index contributed by atoms with van der Waals surface area (Å²) in [5.74, 6) is 2.76.